The lowest BCUT2D eigenvalue weighted by Crippen LogP contribution is -2.15. The molecule has 0 radical (unpaired) electrons. The van der Waals surface area contributed by atoms with E-state index >= 15 is 0 Å². The second-order valence-electron chi connectivity index (χ2n) is 7.03. The van der Waals surface area contributed by atoms with E-state index in [2.05, 4.69) is 15.5 Å². The Morgan fingerprint density at radius 3 is 2.55 bits per heavy atom. The lowest BCUT2D eigenvalue weighted by molar-refractivity contribution is -0.384. The molecule has 0 aliphatic rings. The van der Waals surface area contributed by atoms with Crippen LogP contribution in [0.2, 0.25) is 0 Å². The number of amides is 1. The van der Waals surface area contributed by atoms with E-state index in [9.17, 15) is 14.9 Å². The molecule has 1 amide bonds. The number of aromatic nitrogens is 4. The molecule has 9 heteroatoms. The molecule has 0 spiro atoms. The van der Waals surface area contributed by atoms with Crippen molar-refractivity contribution in [1.29, 1.82) is 0 Å². The molecule has 0 saturated heterocycles. The van der Waals surface area contributed by atoms with Crippen LogP contribution in [0.4, 0.5) is 11.5 Å². The van der Waals surface area contributed by atoms with Gasteiger partial charge in [0, 0.05) is 30.8 Å². The van der Waals surface area contributed by atoms with E-state index < -0.39 is 4.92 Å². The summed E-state index contributed by atoms with van der Waals surface area (Å²) in [5.41, 5.74) is 3.25. The van der Waals surface area contributed by atoms with Crippen molar-refractivity contribution in [3.63, 3.8) is 0 Å². The van der Waals surface area contributed by atoms with Crippen LogP contribution in [0.25, 0.3) is 11.4 Å². The summed E-state index contributed by atoms with van der Waals surface area (Å²) in [7, 11) is 0. The summed E-state index contributed by atoms with van der Waals surface area (Å²) >= 11 is 0. The minimum atomic E-state index is -0.458. The van der Waals surface area contributed by atoms with Gasteiger partial charge in [0.05, 0.1) is 28.2 Å². The molecule has 4 aromatic rings. The van der Waals surface area contributed by atoms with Crippen LogP contribution in [0.15, 0.2) is 73.1 Å². The summed E-state index contributed by atoms with van der Waals surface area (Å²) < 4.78 is 3.34. The minimum Gasteiger partial charge on any atom is -0.311 e. The van der Waals surface area contributed by atoms with E-state index in [0.29, 0.717) is 17.9 Å². The number of nitrogens with zero attached hydrogens (tertiary/aromatic N) is 5. The van der Waals surface area contributed by atoms with Gasteiger partial charge < -0.3 is 5.32 Å². The number of para-hydroxylation sites is 1. The smallest absolute Gasteiger partial charge is 0.269 e. The lowest BCUT2D eigenvalue weighted by Gasteiger charge is -2.08. The van der Waals surface area contributed by atoms with Crippen molar-refractivity contribution in [2.75, 3.05) is 5.32 Å². The van der Waals surface area contributed by atoms with Crippen LogP contribution in [0.5, 0.6) is 0 Å². The largest absolute Gasteiger partial charge is 0.311 e. The number of benzene rings is 2. The van der Waals surface area contributed by atoms with Crippen molar-refractivity contribution in [2.45, 2.75) is 19.8 Å². The summed E-state index contributed by atoms with van der Waals surface area (Å²) in [6, 6.07) is 17.5. The highest BCUT2D eigenvalue weighted by Gasteiger charge is 2.13. The highest BCUT2D eigenvalue weighted by Crippen LogP contribution is 2.20. The third-order valence-corrected chi connectivity index (χ3v) is 4.70. The summed E-state index contributed by atoms with van der Waals surface area (Å²) in [6.45, 7) is 1.81. The second-order valence-corrected chi connectivity index (χ2v) is 7.03. The van der Waals surface area contributed by atoms with Crippen LogP contribution >= 0.6 is 0 Å². The molecule has 2 heterocycles. The van der Waals surface area contributed by atoms with Gasteiger partial charge in [0.2, 0.25) is 5.91 Å². The van der Waals surface area contributed by atoms with Crippen molar-refractivity contribution in [3.05, 3.63) is 94.4 Å². The first kappa shape index (κ1) is 20.0. The number of nitro benzene ring substituents is 1. The first-order valence-corrected chi connectivity index (χ1v) is 9.70. The predicted molar refractivity (Wildman–Crippen MR) is 115 cm³/mol. The number of aryl methyl sites for hydroxylation is 2. The van der Waals surface area contributed by atoms with Gasteiger partial charge in [0.15, 0.2) is 0 Å². The molecule has 1 N–H and O–H groups in total. The number of nitrogens with one attached hydrogen (secondary N) is 1. The Morgan fingerprint density at radius 1 is 1.10 bits per heavy atom. The predicted octanol–water partition coefficient (Wildman–Crippen LogP) is 3.85. The number of carbonyl (C=O) groups is 1. The maximum Gasteiger partial charge on any atom is 0.269 e. The van der Waals surface area contributed by atoms with E-state index in [0.717, 1.165) is 16.9 Å². The number of anilines is 1. The van der Waals surface area contributed by atoms with Gasteiger partial charge in [0.1, 0.15) is 5.82 Å². The van der Waals surface area contributed by atoms with Crippen molar-refractivity contribution < 1.29 is 9.72 Å². The summed E-state index contributed by atoms with van der Waals surface area (Å²) in [6.07, 6.45) is 4.49. The maximum atomic E-state index is 12.5. The third-order valence-electron chi connectivity index (χ3n) is 4.70. The summed E-state index contributed by atoms with van der Waals surface area (Å²) in [5, 5.41) is 22.5. The van der Waals surface area contributed by atoms with E-state index in [1.165, 1.54) is 12.1 Å². The first-order chi connectivity index (χ1) is 15.0. The number of hydrogen-bond donors (Lipinski definition) is 1. The van der Waals surface area contributed by atoms with E-state index in [1.54, 1.807) is 33.8 Å². The Hall–Kier alpha value is -4.27. The molecule has 0 atom stereocenters. The normalized spacial score (nSPS) is 10.7. The molecule has 31 heavy (non-hydrogen) atoms. The average molecular weight is 416 g/mol. The monoisotopic (exact) mass is 416 g/mol. The molecule has 4 rings (SSSR count). The van der Waals surface area contributed by atoms with Gasteiger partial charge in [-0.2, -0.15) is 10.2 Å². The molecule has 0 saturated carbocycles. The van der Waals surface area contributed by atoms with Crippen molar-refractivity contribution >= 4 is 17.4 Å². The van der Waals surface area contributed by atoms with Crippen LogP contribution in [0.1, 0.15) is 17.7 Å². The van der Waals surface area contributed by atoms with Crippen molar-refractivity contribution in [2.24, 2.45) is 0 Å². The van der Waals surface area contributed by atoms with Gasteiger partial charge in [-0.15, -0.1) is 0 Å². The SMILES string of the molecule is Cc1cc(NC(=O)CCc2cnn(-c3ccccc3)c2)n(-c2ccc([N+](=O)[O-])cc2)n1. The molecule has 2 aromatic carbocycles. The zero-order valence-corrected chi connectivity index (χ0v) is 16.8. The average Bonchev–Trinajstić information content (AvgIpc) is 3.39. The van der Waals surface area contributed by atoms with E-state index in [4.69, 9.17) is 0 Å². The Labute approximate surface area is 178 Å². The fraction of sp³-hybridized carbons (Fsp3) is 0.136. The number of rotatable bonds is 7. The molecule has 0 unspecified atom stereocenters. The molecule has 9 nitrogen and oxygen atoms in total. The number of non-ortho nitro benzene ring substituents is 1. The highest BCUT2D eigenvalue weighted by molar-refractivity contribution is 5.90. The van der Waals surface area contributed by atoms with E-state index in [1.807, 2.05) is 43.5 Å². The zero-order chi connectivity index (χ0) is 21.8. The van der Waals surface area contributed by atoms with E-state index in [-0.39, 0.29) is 18.0 Å². The fourth-order valence-corrected chi connectivity index (χ4v) is 3.18. The van der Waals surface area contributed by atoms with Crippen molar-refractivity contribution in [3.8, 4) is 11.4 Å². The fourth-order valence-electron chi connectivity index (χ4n) is 3.18. The number of nitro groups is 1. The van der Waals surface area contributed by atoms with Gasteiger partial charge in [0.25, 0.3) is 5.69 Å². The molecule has 0 aliphatic heterocycles. The molecule has 156 valence electrons. The minimum absolute atomic E-state index is 0.00531. The Kier molecular flexibility index (Phi) is 5.57. The summed E-state index contributed by atoms with van der Waals surface area (Å²) in [4.78, 5) is 22.9. The molecular formula is C22H20N6O3. The Bertz CT molecular complexity index is 1210. The van der Waals surface area contributed by atoms with Crippen LogP contribution in [-0.2, 0) is 11.2 Å². The van der Waals surface area contributed by atoms with Gasteiger partial charge >= 0.3 is 0 Å². The topological polar surface area (TPSA) is 108 Å². The highest BCUT2D eigenvalue weighted by atomic mass is 16.6. The summed E-state index contributed by atoms with van der Waals surface area (Å²) in [5.74, 6) is 0.354. The standard InChI is InChI=1S/C22H20N6O3/c1-16-13-21(27(25-16)19-8-10-20(11-9-19)28(30)31)24-22(29)12-7-17-14-23-26(15-17)18-5-3-2-4-6-18/h2-6,8-11,13-15H,7,12H2,1H3,(H,24,29). The Morgan fingerprint density at radius 2 is 1.84 bits per heavy atom. The van der Waals surface area contributed by atoms with Crippen LogP contribution in [-0.4, -0.2) is 30.4 Å². The van der Waals surface area contributed by atoms with Crippen LogP contribution in [0.3, 0.4) is 0 Å². The van der Waals surface area contributed by atoms with Gasteiger partial charge in [-0.1, -0.05) is 18.2 Å². The second kappa shape index (κ2) is 8.62. The van der Waals surface area contributed by atoms with Gasteiger partial charge in [-0.3, -0.25) is 14.9 Å². The number of carbonyl (C=O) groups excluding carboxylic acids is 1. The first-order valence-electron chi connectivity index (χ1n) is 9.70. The Balaban J connectivity index is 1.41. The van der Waals surface area contributed by atoms with Crippen molar-refractivity contribution in [1.82, 2.24) is 19.6 Å². The van der Waals surface area contributed by atoms with Gasteiger partial charge in [-0.05, 0) is 43.2 Å². The molecule has 0 aliphatic carbocycles. The number of hydrogen-bond acceptors (Lipinski definition) is 5. The van der Waals surface area contributed by atoms with Crippen LogP contribution < -0.4 is 5.32 Å². The maximum absolute atomic E-state index is 12.5. The molecule has 0 fully saturated rings. The molecule has 2 aromatic heterocycles. The lowest BCUT2D eigenvalue weighted by atomic mass is 10.2. The molecular weight excluding hydrogens is 396 g/mol. The van der Waals surface area contributed by atoms with Gasteiger partial charge in [-0.25, -0.2) is 9.36 Å². The molecule has 0 bridgehead atoms. The zero-order valence-electron chi connectivity index (χ0n) is 16.8. The third kappa shape index (κ3) is 4.67. The van der Waals surface area contributed by atoms with Crippen LogP contribution in [0, 0.1) is 17.0 Å². The quantitative estimate of drug-likeness (QED) is 0.364.